The van der Waals surface area contributed by atoms with Crippen molar-refractivity contribution in [3.63, 3.8) is 0 Å². The molecule has 11 heteroatoms. The highest BCUT2D eigenvalue weighted by molar-refractivity contribution is 7.99. The molecule has 4 heterocycles. The van der Waals surface area contributed by atoms with Crippen molar-refractivity contribution in [1.29, 1.82) is 0 Å². The summed E-state index contributed by atoms with van der Waals surface area (Å²) < 4.78 is 12.7. The van der Waals surface area contributed by atoms with Crippen LogP contribution in [0.1, 0.15) is 18.2 Å². The van der Waals surface area contributed by atoms with Crippen molar-refractivity contribution in [2.75, 3.05) is 23.8 Å². The highest BCUT2D eigenvalue weighted by Gasteiger charge is 2.44. The molecular formula is C24H28N6O4S. The number of anilines is 1. The number of nitrogen functional groups attached to an aromatic ring is 1. The Bertz CT molecular complexity index is 1250. The summed E-state index contributed by atoms with van der Waals surface area (Å²) in [6.07, 6.45) is 3.89. The molecule has 184 valence electrons. The Kier molecular flexibility index (Phi) is 7.30. The number of imidazole rings is 1. The largest absolute Gasteiger partial charge is 0.472 e. The fourth-order valence-electron chi connectivity index (χ4n) is 4.17. The minimum atomic E-state index is -1.09. The number of aliphatic hydroxyl groups excluding tert-OH is 2. The van der Waals surface area contributed by atoms with Gasteiger partial charge in [-0.1, -0.05) is 18.2 Å². The van der Waals surface area contributed by atoms with Crippen molar-refractivity contribution in [2.45, 2.75) is 37.5 Å². The van der Waals surface area contributed by atoms with Crippen molar-refractivity contribution < 1.29 is 19.4 Å². The predicted octanol–water partition coefficient (Wildman–Crippen LogP) is 2.20. The Balaban J connectivity index is 1.05. The number of nitrogens with one attached hydrogen (secondary N) is 1. The van der Waals surface area contributed by atoms with Crippen LogP contribution in [-0.2, 0) is 11.3 Å². The van der Waals surface area contributed by atoms with Gasteiger partial charge in [0.15, 0.2) is 17.7 Å². The number of thioether (sulfide) groups is 1. The molecule has 0 saturated carbocycles. The number of aromatic nitrogens is 4. The predicted molar refractivity (Wildman–Crippen MR) is 133 cm³/mol. The molecule has 1 aromatic carbocycles. The van der Waals surface area contributed by atoms with E-state index in [2.05, 4.69) is 44.5 Å². The van der Waals surface area contributed by atoms with Crippen LogP contribution in [0.3, 0.4) is 0 Å². The standard InChI is InChI=1S/C24H28N6O4S/c25-22-19-23(28-13-27-22)30(14-29-19)24-21(32)20(31)18(34-24)12-35-8-2-6-26-10-15-3-1-4-16(9-15)17-5-7-33-11-17/h1,3-5,7,9,11,13-14,18,20-21,24,26,31-32H,2,6,8,10,12H2,(H2,25,27,28)/t18-,20-,21-,24-/m1/s1. The molecule has 4 atom stereocenters. The summed E-state index contributed by atoms with van der Waals surface area (Å²) in [4.78, 5) is 12.3. The number of fused-ring (bicyclic) bond motifs is 1. The summed E-state index contributed by atoms with van der Waals surface area (Å²) in [6.45, 7) is 1.67. The number of nitrogens with zero attached hydrogens (tertiary/aromatic N) is 4. The van der Waals surface area contributed by atoms with E-state index in [1.54, 1.807) is 28.9 Å². The van der Waals surface area contributed by atoms with Gasteiger partial charge in [-0.3, -0.25) is 4.57 Å². The van der Waals surface area contributed by atoms with Gasteiger partial charge in [0.05, 0.1) is 25.0 Å². The van der Waals surface area contributed by atoms with Crippen molar-refractivity contribution >= 4 is 28.7 Å². The molecule has 1 aliphatic heterocycles. The zero-order valence-electron chi connectivity index (χ0n) is 19.0. The van der Waals surface area contributed by atoms with Gasteiger partial charge in [-0.25, -0.2) is 15.0 Å². The fraction of sp³-hybridized carbons (Fsp3) is 0.375. The van der Waals surface area contributed by atoms with Gasteiger partial charge in [0, 0.05) is 17.9 Å². The highest BCUT2D eigenvalue weighted by Crippen LogP contribution is 2.33. The maximum atomic E-state index is 10.6. The van der Waals surface area contributed by atoms with Crippen molar-refractivity contribution in [3.8, 4) is 11.1 Å². The van der Waals surface area contributed by atoms with Crippen molar-refractivity contribution in [2.24, 2.45) is 0 Å². The van der Waals surface area contributed by atoms with Crippen LogP contribution in [0.2, 0.25) is 0 Å². The third kappa shape index (κ3) is 5.19. The summed E-state index contributed by atoms with van der Waals surface area (Å²) >= 11 is 1.69. The first-order chi connectivity index (χ1) is 17.1. The molecule has 0 spiro atoms. The molecule has 3 aromatic heterocycles. The highest BCUT2D eigenvalue weighted by atomic mass is 32.2. The molecule has 4 aromatic rings. The normalized spacial score (nSPS) is 22.2. The molecule has 5 rings (SSSR count). The van der Waals surface area contributed by atoms with E-state index >= 15 is 0 Å². The average Bonchev–Trinajstić information content (AvgIpc) is 3.61. The SMILES string of the molecule is Nc1ncnc2c1ncn2[C@@H]1O[C@H](CSCCCNCc2cccc(-c3ccoc3)c2)[C@@H](O)[C@H]1O. The van der Waals surface area contributed by atoms with E-state index < -0.39 is 24.5 Å². The zero-order valence-corrected chi connectivity index (χ0v) is 19.8. The number of aliphatic hydroxyl groups is 2. The third-order valence-electron chi connectivity index (χ3n) is 6.03. The molecule has 0 bridgehead atoms. The summed E-state index contributed by atoms with van der Waals surface area (Å²) in [6, 6.07) is 10.4. The first-order valence-electron chi connectivity index (χ1n) is 11.5. The van der Waals surface area contributed by atoms with Gasteiger partial charge in [-0.05, 0) is 42.0 Å². The van der Waals surface area contributed by atoms with Crippen molar-refractivity contribution in [3.05, 3.63) is 61.1 Å². The molecular weight excluding hydrogens is 468 g/mol. The van der Waals surface area contributed by atoms with E-state index in [1.807, 2.05) is 6.07 Å². The van der Waals surface area contributed by atoms with E-state index in [1.165, 1.54) is 18.2 Å². The Morgan fingerprint density at radius 3 is 2.89 bits per heavy atom. The fourth-order valence-corrected chi connectivity index (χ4v) is 5.20. The topological polar surface area (TPSA) is 144 Å². The number of rotatable bonds is 10. The third-order valence-corrected chi connectivity index (χ3v) is 7.17. The van der Waals surface area contributed by atoms with Gasteiger partial charge < -0.3 is 30.4 Å². The number of ether oxygens (including phenoxy) is 1. The average molecular weight is 497 g/mol. The number of nitrogens with two attached hydrogens (primary N) is 1. The summed E-state index contributed by atoms with van der Waals surface area (Å²) in [5.74, 6) is 1.74. The molecule has 0 aliphatic carbocycles. The number of furan rings is 1. The smallest absolute Gasteiger partial charge is 0.167 e. The van der Waals surface area contributed by atoms with Crippen molar-refractivity contribution in [1.82, 2.24) is 24.8 Å². The molecule has 10 nitrogen and oxygen atoms in total. The number of benzene rings is 1. The quantitative estimate of drug-likeness (QED) is 0.241. The number of hydrogen-bond donors (Lipinski definition) is 4. The molecule has 0 radical (unpaired) electrons. The minimum absolute atomic E-state index is 0.258. The monoisotopic (exact) mass is 496 g/mol. The Hall–Kier alpha value is -2.96. The maximum absolute atomic E-state index is 10.6. The van der Waals surface area contributed by atoms with Crippen LogP contribution in [0.5, 0.6) is 0 Å². The van der Waals surface area contributed by atoms with Crippen LogP contribution < -0.4 is 11.1 Å². The van der Waals surface area contributed by atoms with E-state index in [-0.39, 0.29) is 5.82 Å². The summed E-state index contributed by atoms with van der Waals surface area (Å²) in [5.41, 5.74) is 10.2. The van der Waals surface area contributed by atoms with Crippen LogP contribution in [-0.4, -0.2) is 66.1 Å². The lowest BCUT2D eigenvalue weighted by Crippen LogP contribution is -2.32. The Labute approximate surface area is 206 Å². The number of hydrogen-bond acceptors (Lipinski definition) is 10. The molecule has 35 heavy (non-hydrogen) atoms. The molecule has 1 aliphatic rings. The van der Waals surface area contributed by atoms with Crippen LogP contribution in [0.15, 0.2) is 59.9 Å². The van der Waals surface area contributed by atoms with Crippen LogP contribution >= 0.6 is 11.8 Å². The molecule has 0 amide bonds. The van der Waals surface area contributed by atoms with Crippen LogP contribution in [0, 0.1) is 0 Å². The Morgan fingerprint density at radius 2 is 2.03 bits per heavy atom. The van der Waals surface area contributed by atoms with E-state index in [0.29, 0.717) is 16.9 Å². The van der Waals surface area contributed by atoms with Gasteiger partial charge in [0.1, 0.15) is 24.1 Å². The lowest BCUT2D eigenvalue weighted by atomic mass is 10.1. The maximum Gasteiger partial charge on any atom is 0.167 e. The lowest BCUT2D eigenvalue weighted by Gasteiger charge is -2.16. The lowest BCUT2D eigenvalue weighted by molar-refractivity contribution is -0.0289. The van der Waals surface area contributed by atoms with Crippen LogP contribution in [0.25, 0.3) is 22.3 Å². The van der Waals surface area contributed by atoms with E-state index in [0.717, 1.165) is 36.4 Å². The second-order valence-electron chi connectivity index (χ2n) is 8.45. The summed E-state index contributed by atoms with van der Waals surface area (Å²) in [7, 11) is 0. The summed E-state index contributed by atoms with van der Waals surface area (Å²) in [5, 5.41) is 24.6. The van der Waals surface area contributed by atoms with Gasteiger partial charge >= 0.3 is 0 Å². The minimum Gasteiger partial charge on any atom is -0.472 e. The van der Waals surface area contributed by atoms with E-state index in [9.17, 15) is 10.2 Å². The molecule has 1 saturated heterocycles. The molecule has 1 fully saturated rings. The van der Waals surface area contributed by atoms with Crippen LogP contribution in [0.4, 0.5) is 5.82 Å². The molecule has 5 N–H and O–H groups in total. The van der Waals surface area contributed by atoms with E-state index in [4.69, 9.17) is 14.9 Å². The van der Waals surface area contributed by atoms with Gasteiger partial charge in [-0.2, -0.15) is 11.8 Å². The second-order valence-corrected chi connectivity index (χ2v) is 9.60. The molecule has 0 unspecified atom stereocenters. The van der Waals surface area contributed by atoms with Gasteiger partial charge in [0.25, 0.3) is 0 Å². The first-order valence-corrected chi connectivity index (χ1v) is 12.6. The van der Waals surface area contributed by atoms with Gasteiger partial charge in [0.2, 0.25) is 0 Å². The second kappa shape index (κ2) is 10.8. The first kappa shape index (κ1) is 23.8. The Morgan fingerprint density at radius 1 is 1.11 bits per heavy atom. The van der Waals surface area contributed by atoms with Gasteiger partial charge in [-0.15, -0.1) is 0 Å². The zero-order chi connectivity index (χ0) is 24.2.